The average Bonchev–Trinajstić information content (AvgIpc) is 2.46. The molecule has 1 heterocycles. The normalized spacial score (nSPS) is 10.0. The summed E-state index contributed by atoms with van der Waals surface area (Å²) in [6.07, 6.45) is 2.26. The lowest BCUT2D eigenvalue weighted by Gasteiger charge is -2.09. The van der Waals surface area contributed by atoms with Crippen LogP contribution in [0.2, 0.25) is 5.02 Å². The van der Waals surface area contributed by atoms with E-state index < -0.39 is 0 Å². The molecule has 2 aromatic rings. The molecule has 0 atom stereocenters. The molecule has 114 valence electrons. The molecule has 0 saturated heterocycles. The van der Waals surface area contributed by atoms with Crippen LogP contribution in [0.4, 0.5) is 0 Å². The summed E-state index contributed by atoms with van der Waals surface area (Å²) in [5, 5.41) is 4.01. The predicted molar refractivity (Wildman–Crippen MR) is 85.7 cm³/mol. The Morgan fingerprint density at radius 2 is 2.00 bits per heavy atom. The molecule has 0 aliphatic carbocycles. The maximum Gasteiger partial charge on any atom is 0.289 e. The van der Waals surface area contributed by atoms with Gasteiger partial charge in [0.2, 0.25) is 0 Å². The van der Waals surface area contributed by atoms with E-state index in [2.05, 4.69) is 5.10 Å². The fourth-order valence-electron chi connectivity index (χ4n) is 1.76. The van der Waals surface area contributed by atoms with E-state index in [0.29, 0.717) is 18.8 Å². The summed E-state index contributed by atoms with van der Waals surface area (Å²) in [4.78, 5) is 11.8. The van der Waals surface area contributed by atoms with E-state index in [4.69, 9.17) is 22.1 Å². The molecule has 0 spiro atoms. The zero-order valence-electron chi connectivity index (χ0n) is 11.6. The van der Waals surface area contributed by atoms with Crippen molar-refractivity contribution in [3.05, 3.63) is 51.4 Å². The lowest BCUT2D eigenvalue weighted by Crippen LogP contribution is -2.22. The highest BCUT2D eigenvalue weighted by atomic mass is 35.5. The number of hydrogen-bond donors (Lipinski definition) is 1. The molecule has 0 aliphatic rings. The minimum absolute atomic E-state index is 0. The maximum absolute atomic E-state index is 11.8. The van der Waals surface area contributed by atoms with Crippen molar-refractivity contribution in [2.75, 3.05) is 6.54 Å². The van der Waals surface area contributed by atoms with Crippen molar-refractivity contribution in [1.82, 2.24) is 9.78 Å². The van der Waals surface area contributed by atoms with Gasteiger partial charge in [0.05, 0.1) is 6.20 Å². The SMILES string of the molecule is CCn1ncc(Oc2ccc(CCN)cc2)c(Cl)c1=O.Cl. The first-order valence-electron chi connectivity index (χ1n) is 6.38. The van der Waals surface area contributed by atoms with Crippen LogP contribution in [0.5, 0.6) is 11.5 Å². The quantitative estimate of drug-likeness (QED) is 0.915. The van der Waals surface area contributed by atoms with Crippen LogP contribution >= 0.6 is 24.0 Å². The van der Waals surface area contributed by atoms with Gasteiger partial charge in [-0.15, -0.1) is 12.4 Å². The first-order valence-corrected chi connectivity index (χ1v) is 6.76. The molecule has 7 heteroatoms. The molecule has 0 saturated carbocycles. The van der Waals surface area contributed by atoms with Crippen molar-refractivity contribution < 1.29 is 4.74 Å². The highest BCUT2D eigenvalue weighted by Gasteiger charge is 2.10. The summed E-state index contributed by atoms with van der Waals surface area (Å²) in [5.74, 6) is 0.857. The van der Waals surface area contributed by atoms with E-state index in [-0.39, 0.29) is 28.7 Å². The van der Waals surface area contributed by atoms with Gasteiger partial charge in [0.25, 0.3) is 5.56 Å². The Hall–Kier alpha value is -1.56. The highest BCUT2D eigenvalue weighted by molar-refractivity contribution is 6.31. The lowest BCUT2D eigenvalue weighted by atomic mass is 10.1. The van der Waals surface area contributed by atoms with Gasteiger partial charge in [0, 0.05) is 6.54 Å². The second-order valence-electron chi connectivity index (χ2n) is 4.23. The first-order chi connectivity index (χ1) is 9.65. The summed E-state index contributed by atoms with van der Waals surface area (Å²) in [6, 6.07) is 7.48. The van der Waals surface area contributed by atoms with Gasteiger partial charge in [-0.25, -0.2) is 4.68 Å². The van der Waals surface area contributed by atoms with Crippen molar-refractivity contribution in [3.8, 4) is 11.5 Å². The van der Waals surface area contributed by atoms with E-state index in [1.807, 2.05) is 31.2 Å². The zero-order chi connectivity index (χ0) is 14.5. The smallest absolute Gasteiger partial charge is 0.289 e. The first kappa shape index (κ1) is 17.5. The molecule has 2 N–H and O–H groups in total. The number of aryl methyl sites for hydroxylation is 1. The number of benzene rings is 1. The van der Waals surface area contributed by atoms with Crippen molar-refractivity contribution in [3.63, 3.8) is 0 Å². The van der Waals surface area contributed by atoms with E-state index in [1.165, 1.54) is 10.9 Å². The number of nitrogens with zero attached hydrogens (tertiary/aromatic N) is 2. The number of nitrogens with two attached hydrogens (primary N) is 1. The fraction of sp³-hybridized carbons (Fsp3) is 0.286. The Kier molecular flexibility index (Phi) is 6.68. The third-order valence-electron chi connectivity index (χ3n) is 2.84. The molecule has 0 radical (unpaired) electrons. The summed E-state index contributed by atoms with van der Waals surface area (Å²) < 4.78 is 6.86. The Morgan fingerprint density at radius 1 is 1.33 bits per heavy atom. The summed E-state index contributed by atoms with van der Waals surface area (Å²) in [5.41, 5.74) is 6.27. The second-order valence-corrected chi connectivity index (χ2v) is 4.61. The van der Waals surface area contributed by atoms with Gasteiger partial charge in [0.1, 0.15) is 5.75 Å². The van der Waals surface area contributed by atoms with Gasteiger partial charge in [-0.2, -0.15) is 5.10 Å². The molecule has 0 aliphatic heterocycles. The monoisotopic (exact) mass is 329 g/mol. The van der Waals surface area contributed by atoms with Crippen molar-refractivity contribution in [1.29, 1.82) is 0 Å². The number of rotatable bonds is 5. The molecular formula is C14H17Cl2N3O2. The fourth-order valence-corrected chi connectivity index (χ4v) is 1.95. The summed E-state index contributed by atoms with van der Waals surface area (Å²) in [6.45, 7) is 2.89. The van der Waals surface area contributed by atoms with E-state index in [1.54, 1.807) is 0 Å². The van der Waals surface area contributed by atoms with Crippen LogP contribution in [0.1, 0.15) is 12.5 Å². The second kappa shape index (κ2) is 8.02. The van der Waals surface area contributed by atoms with Crippen molar-refractivity contribution in [2.24, 2.45) is 5.73 Å². The van der Waals surface area contributed by atoms with Gasteiger partial charge < -0.3 is 10.5 Å². The third-order valence-corrected chi connectivity index (χ3v) is 3.18. The van der Waals surface area contributed by atoms with Crippen LogP contribution in [0.15, 0.2) is 35.3 Å². The Bertz CT molecular complexity index is 642. The van der Waals surface area contributed by atoms with Crippen molar-refractivity contribution >= 4 is 24.0 Å². The van der Waals surface area contributed by atoms with Crippen LogP contribution in [0.3, 0.4) is 0 Å². The predicted octanol–water partition coefficient (Wildman–Crippen LogP) is 2.63. The Labute approximate surface area is 134 Å². The molecule has 1 aromatic heterocycles. The van der Waals surface area contributed by atoms with E-state index in [9.17, 15) is 4.79 Å². The summed E-state index contributed by atoms with van der Waals surface area (Å²) >= 11 is 5.99. The third kappa shape index (κ3) is 4.20. The number of aromatic nitrogens is 2. The van der Waals surface area contributed by atoms with Crippen LogP contribution in [-0.4, -0.2) is 16.3 Å². The van der Waals surface area contributed by atoms with Gasteiger partial charge in [-0.3, -0.25) is 4.79 Å². The molecule has 0 fully saturated rings. The zero-order valence-corrected chi connectivity index (χ0v) is 13.2. The number of ether oxygens (including phenoxy) is 1. The van der Waals surface area contributed by atoms with Gasteiger partial charge in [-0.05, 0) is 37.6 Å². The van der Waals surface area contributed by atoms with Gasteiger partial charge in [0.15, 0.2) is 10.8 Å². The minimum Gasteiger partial charge on any atom is -0.454 e. The Morgan fingerprint density at radius 3 is 2.57 bits per heavy atom. The number of halogens is 2. The van der Waals surface area contributed by atoms with Crippen LogP contribution in [0, 0.1) is 0 Å². The molecular weight excluding hydrogens is 313 g/mol. The number of hydrogen-bond acceptors (Lipinski definition) is 4. The average molecular weight is 330 g/mol. The topological polar surface area (TPSA) is 70.1 Å². The molecule has 0 bridgehead atoms. The largest absolute Gasteiger partial charge is 0.454 e. The highest BCUT2D eigenvalue weighted by Crippen LogP contribution is 2.25. The molecule has 5 nitrogen and oxygen atoms in total. The van der Waals surface area contributed by atoms with E-state index in [0.717, 1.165) is 12.0 Å². The van der Waals surface area contributed by atoms with Crippen LogP contribution < -0.4 is 16.0 Å². The molecule has 0 amide bonds. The lowest BCUT2D eigenvalue weighted by molar-refractivity contribution is 0.469. The minimum atomic E-state index is -0.355. The molecule has 2 rings (SSSR count). The standard InChI is InChI=1S/C14H16ClN3O2.ClH/c1-2-18-14(19)13(15)12(9-17-18)20-11-5-3-10(4-6-11)7-8-16;/h3-6,9H,2,7-8,16H2,1H3;1H. The summed E-state index contributed by atoms with van der Waals surface area (Å²) in [7, 11) is 0. The Balaban J connectivity index is 0.00000220. The maximum atomic E-state index is 11.8. The van der Waals surface area contributed by atoms with Crippen LogP contribution in [-0.2, 0) is 13.0 Å². The molecule has 1 aromatic carbocycles. The van der Waals surface area contributed by atoms with Crippen molar-refractivity contribution in [2.45, 2.75) is 19.9 Å². The van der Waals surface area contributed by atoms with E-state index >= 15 is 0 Å². The molecule has 21 heavy (non-hydrogen) atoms. The van der Waals surface area contributed by atoms with Gasteiger partial charge in [-0.1, -0.05) is 23.7 Å². The molecule has 0 unspecified atom stereocenters. The van der Waals surface area contributed by atoms with Crippen LogP contribution in [0.25, 0.3) is 0 Å². The van der Waals surface area contributed by atoms with Gasteiger partial charge >= 0.3 is 0 Å².